The number of nitrogens with one attached hydrogen (secondary N) is 1. The van der Waals surface area contributed by atoms with Crippen LogP contribution in [0.4, 0.5) is 5.82 Å². The van der Waals surface area contributed by atoms with E-state index in [9.17, 15) is 4.79 Å². The Morgan fingerprint density at radius 2 is 1.90 bits per heavy atom. The molecule has 3 aromatic heterocycles. The van der Waals surface area contributed by atoms with E-state index in [0.29, 0.717) is 12.4 Å². The van der Waals surface area contributed by atoms with Gasteiger partial charge in [0.2, 0.25) is 0 Å². The first-order valence-electron chi connectivity index (χ1n) is 10.7. The van der Waals surface area contributed by atoms with Crippen molar-refractivity contribution in [3.05, 3.63) is 70.0 Å². The molecule has 30 heavy (non-hydrogen) atoms. The fourth-order valence-electron chi connectivity index (χ4n) is 4.44. The van der Waals surface area contributed by atoms with Gasteiger partial charge in [-0.05, 0) is 37.5 Å². The zero-order valence-corrected chi connectivity index (χ0v) is 17.0. The van der Waals surface area contributed by atoms with Gasteiger partial charge in [-0.3, -0.25) is 14.7 Å². The van der Waals surface area contributed by atoms with Crippen molar-refractivity contribution in [2.45, 2.75) is 38.8 Å². The number of H-pyrrole nitrogens is 1. The number of pyridine rings is 2. The highest BCUT2D eigenvalue weighted by Crippen LogP contribution is 2.25. The Balaban J connectivity index is 1.36. The average Bonchev–Trinajstić information content (AvgIpc) is 2.81. The quantitative estimate of drug-likeness (QED) is 0.723. The molecular formula is C23H26N6O. The zero-order valence-electron chi connectivity index (χ0n) is 17.0. The second-order valence-corrected chi connectivity index (χ2v) is 8.08. The van der Waals surface area contributed by atoms with E-state index in [1.807, 2.05) is 24.4 Å². The summed E-state index contributed by atoms with van der Waals surface area (Å²) in [5, 5.41) is 0. The maximum Gasteiger partial charge on any atom is 0.255 e. The molecule has 0 aliphatic carbocycles. The lowest BCUT2D eigenvalue weighted by Gasteiger charge is -2.32. The number of hydrogen-bond acceptors (Lipinski definition) is 6. The number of fused-ring (bicyclic) bond motifs is 1. The van der Waals surface area contributed by atoms with Crippen LogP contribution in [-0.2, 0) is 19.5 Å². The molecule has 154 valence electrons. The second-order valence-electron chi connectivity index (χ2n) is 8.08. The first kappa shape index (κ1) is 18.9. The number of aromatic amines is 1. The van der Waals surface area contributed by atoms with Gasteiger partial charge in [0, 0.05) is 68.9 Å². The Hall–Kier alpha value is -3.06. The molecule has 0 spiro atoms. The third-order valence-corrected chi connectivity index (χ3v) is 6.00. The van der Waals surface area contributed by atoms with Gasteiger partial charge in [-0.2, -0.15) is 0 Å². The summed E-state index contributed by atoms with van der Waals surface area (Å²) in [6.45, 7) is 4.44. The van der Waals surface area contributed by atoms with E-state index >= 15 is 0 Å². The fourth-order valence-corrected chi connectivity index (χ4v) is 4.44. The topological polar surface area (TPSA) is 78.0 Å². The fraction of sp³-hybridized carbons (Fsp3) is 0.391. The Morgan fingerprint density at radius 3 is 2.73 bits per heavy atom. The number of piperidine rings is 1. The van der Waals surface area contributed by atoms with E-state index in [1.54, 1.807) is 12.4 Å². The number of hydrogen-bond donors (Lipinski definition) is 1. The van der Waals surface area contributed by atoms with Gasteiger partial charge < -0.3 is 9.88 Å². The Labute approximate surface area is 175 Å². The smallest absolute Gasteiger partial charge is 0.255 e. The summed E-state index contributed by atoms with van der Waals surface area (Å²) in [5.74, 6) is 1.70. The summed E-state index contributed by atoms with van der Waals surface area (Å²) in [6, 6.07) is 7.94. The number of aromatic nitrogens is 4. The lowest BCUT2D eigenvalue weighted by molar-refractivity contribution is 0.241. The van der Waals surface area contributed by atoms with Crippen LogP contribution in [0.1, 0.15) is 36.1 Å². The molecule has 2 aliphatic heterocycles. The van der Waals surface area contributed by atoms with Gasteiger partial charge >= 0.3 is 0 Å². The minimum atomic E-state index is -0.0500. The highest BCUT2D eigenvalue weighted by molar-refractivity contribution is 5.53. The molecule has 0 unspecified atom stereocenters. The minimum Gasteiger partial charge on any atom is -0.356 e. The molecule has 1 saturated heterocycles. The van der Waals surface area contributed by atoms with Gasteiger partial charge in [0.25, 0.3) is 5.56 Å². The largest absolute Gasteiger partial charge is 0.356 e. The maximum absolute atomic E-state index is 12.8. The van der Waals surface area contributed by atoms with Crippen LogP contribution >= 0.6 is 0 Å². The third-order valence-electron chi connectivity index (χ3n) is 6.00. The van der Waals surface area contributed by atoms with Crippen molar-refractivity contribution in [2.75, 3.05) is 24.5 Å². The van der Waals surface area contributed by atoms with Gasteiger partial charge in [-0.1, -0.05) is 6.07 Å². The van der Waals surface area contributed by atoms with Crippen molar-refractivity contribution < 1.29 is 0 Å². The number of anilines is 1. The van der Waals surface area contributed by atoms with Gasteiger partial charge in [-0.15, -0.1) is 0 Å². The summed E-state index contributed by atoms with van der Waals surface area (Å²) in [4.78, 5) is 34.0. The predicted molar refractivity (Wildman–Crippen MR) is 116 cm³/mol. The van der Waals surface area contributed by atoms with Crippen molar-refractivity contribution in [2.24, 2.45) is 0 Å². The van der Waals surface area contributed by atoms with Crippen molar-refractivity contribution in [3.63, 3.8) is 0 Å². The summed E-state index contributed by atoms with van der Waals surface area (Å²) in [5.41, 5.74) is 3.69. The van der Waals surface area contributed by atoms with Crippen LogP contribution in [0.3, 0.4) is 0 Å². The lowest BCUT2D eigenvalue weighted by atomic mass is 10.1. The summed E-state index contributed by atoms with van der Waals surface area (Å²) >= 11 is 0. The van der Waals surface area contributed by atoms with Crippen molar-refractivity contribution in [1.29, 1.82) is 0 Å². The minimum absolute atomic E-state index is 0.0500. The standard InChI is InChI=1S/C23H26N6O/c30-23-19-16-28(13-8-20(19)26-21(27-23)17-6-4-9-24-14-17)15-18-7-5-10-25-22(18)29-11-2-1-3-12-29/h4-7,9-10,14H,1-3,8,11-13,15-16H2,(H,26,27,30). The molecule has 5 rings (SSSR count). The van der Waals surface area contributed by atoms with E-state index < -0.39 is 0 Å². The molecule has 1 N–H and O–H groups in total. The van der Waals surface area contributed by atoms with Gasteiger partial charge in [0.15, 0.2) is 0 Å². The molecule has 0 aromatic carbocycles. The van der Waals surface area contributed by atoms with Crippen LogP contribution in [0.5, 0.6) is 0 Å². The molecule has 0 amide bonds. The zero-order chi connectivity index (χ0) is 20.3. The first-order valence-corrected chi connectivity index (χ1v) is 10.7. The van der Waals surface area contributed by atoms with Crippen LogP contribution < -0.4 is 10.5 Å². The molecule has 1 fully saturated rings. The van der Waals surface area contributed by atoms with Crippen LogP contribution in [-0.4, -0.2) is 44.5 Å². The molecule has 0 bridgehead atoms. The van der Waals surface area contributed by atoms with Crippen LogP contribution in [0.15, 0.2) is 47.7 Å². The Bertz CT molecular complexity index is 1070. The molecule has 3 aromatic rings. The maximum atomic E-state index is 12.8. The average molecular weight is 403 g/mol. The first-order chi connectivity index (χ1) is 14.8. The van der Waals surface area contributed by atoms with E-state index in [2.05, 4.69) is 30.8 Å². The van der Waals surface area contributed by atoms with E-state index in [4.69, 9.17) is 4.98 Å². The monoisotopic (exact) mass is 402 g/mol. The number of rotatable bonds is 4. The molecule has 0 atom stereocenters. The highest BCUT2D eigenvalue weighted by Gasteiger charge is 2.23. The van der Waals surface area contributed by atoms with Crippen LogP contribution in [0.2, 0.25) is 0 Å². The Kier molecular flexibility index (Phi) is 5.27. The van der Waals surface area contributed by atoms with Crippen molar-refractivity contribution >= 4 is 5.82 Å². The van der Waals surface area contributed by atoms with Gasteiger partial charge in [0.1, 0.15) is 11.6 Å². The lowest BCUT2D eigenvalue weighted by Crippen LogP contribution is -2.36. The molecule has 0 radical (unpaired) electrons. The molecule has 2 aliphatic rings. The molecule has 7 heteroatoms. The molecule has 0 saturated carbocycles. The highest BCUT2D eigenvalue weighted by atomic mass is 16.1. The predicted octanol–water partition coefficient (Wildman–Crippen LogP) is 2.78. The van der Waals surface area contributed by atoms with Crippen molar-refractivity contribution in [1.82, 2.24) is 24.8 Å². The third kappa shape index (κ3) is 3.85. The van der Waals surface area contributed by atoms with Crippen LogP contribution in [0, 0.1) is 0 Å². The summed E-state index contributed by atoms with van der Waals surface area (Å²) in [6.07, 6.45) is 9.86. The number of nitrogens with zero attached hydrogens (tertiary/aromatic N) is 5. The Morgan fingerprint density at radius 1 is 1.03 bits per heavy atom. The van der Waals surface area contributed by atoms with E-state index in [1.165, 1.54) is 24.8 Å². The van der Waals surface area contributed by atoms with Crippen molar-refractivity contribution in [3.8, 4) is 11.4 Å². The SMILES string of the molecule is O=c1[nH]c(-c2cccnc2)nc2c1CN(Cc1cccnc1N1CCCCC1)CC2. The normalized spacial score (nSPS) is 17.0. The van der Waals surface area contributed by atoms with Gasteiger partial charge in [0.05, 0.1) is 11.3 Å². The van der Waals surface area contributed by atoms with E-state index in [0.717, 1.165) is 55.2 Å². The van der Waals surface area contributed by atoms with E-state index in [-0.39, 0.29) is 5.56 Å². The molecular weight excluding hydrogens is 376 g/mol. The van der Waals surface area contributed by atoms with Crippen LogP contribution in [0.25, 0.3) is 11.4 Å². The summed E-state index contributed by atoms with van der Waals surface area (Å²) < 4.78 is 0. The molecule has 5 heterocycles. The second kappa shape index (κ2) is 8.36. The summed E-state index contributed by atoms with van der Waals surface area (Å²) in [7, 11) is 0. The van der Waals surface area contributed by atoms with Gasteiger partial charge in [-0.25, -0.2) is 9.97 Å². The molecule has 7 nitrogen and oxygen atoms in total.